The minimum atomic E-state index is -3.66. The highest BCUT2D eigenvalue weighted by Gasteiger charge is 2.35. The number of anilines is 1. The molecule has 1 saturated carbocycles. The van der Waals surface area contributed by atoms with Crippen molar-refractivity contribution in [1.82, 2.24) is 10.2 Å². The Morgan fingerprint density at radius 1 is 0.974 bits per heavy atom. The zero-order valence-corrected chi connectivity index (χ0v) is 23.3. The Balaban J connectivity index is 1.26. The van der Waals surface area contributed by atoms with Crippen molar-refractivity contribution in [2.45, 2.75) is 75.3 Å². The molecule has 2 amide bonds. The van der Waals surface area contributed by atoms with Gasteiger partial charge in [-0.3, -0.25) is 13.9 Å². The zero-order chi connectivity index (χ0) is 27.4. The summed E-state index contributed by atoms with van der Waals surface area (Å²) in [5.74, 6) is -0.253. The third-order valence-corrected chi connectivity index (χ3v) is 9.89. The molecule has 5 rings (SSSR count). The van der Waals surface area contributed by atoms with Crippen molar-refractivity contribution in [3.8, 4) is 0 Å². The van der Waals surface area contributed by atoms with Gasteiger partial charge in [-0.2, -0.15) is 0 Å². The number of amides is 2. The molecule has 3 aromatic rings. The van der Waals surface area contributed by atoms with Gasteiger partial charge in [-0.1, -0.05) is 73.9 Å². The smallest absolute Gasteiger partial charge is 0.265 e. The molecule has 0 radical (unpaired) electrons. The van der Waals surface area contributed by atoms with Gasteiger partial charge in [0.25, 0.3) is 10.0 Å². The lowest BCUT2D eigenvalue weighted by molar-refractivity contribution is -0.140. The van der Waals surface area contributed by atoms with E-state index in [1.807, 2.05) is 54.6 Å². The molecular formula is C31H37N3O4S. The minimum absolute atomic E-state index is 0.118. The number of sulfonamides is 1. The van der Waals surface area contributed by atoms with Gasteiger partial charge in [0.2, 0.25) is 11.8 Å². The van der Waals surface area contributed by atoms with E-state index in [1.54, 1.807) is 24.0 Å². The number of nitrogens with zero attached hydrogens (tertiary/aromatic N) is 2. The second-order valence-corrected chi connectivity index (χ2v) is 12.5. The fourth-order valence-corrected chi connectivity index (χ4v) is 7.60. The summed E-state index contributed by atoms with van der Waals surface area (Å²) in [6, 6.07) is 20.4. The second-order valence-electron chi connectivity index (χ2n) is 10.7. The van der Waals surface area contributed by atoms with E-state index in [1.165, 1.54) is 10.7 Å². The van der Waals surface area contributed by atoms with E-state index in [0.29, 0.717) is 30.0 Å². The molecule has 2 aliphatic rings. The minimum Gasteiger partial charge on any atom is -0.352 e. The predicted octanol–water partition coefficient (Wildman–Crippen LogP) is 5.04. The molecular weight excluding hydrogens is 510 g/mol. The standard InChI is InChI=1S/C31H37N3O4S/c1-23(31(36)32-26-15-6-3-7-16-26)33(22-20-24-11-4-2-5-12-24)29(35)19-10-21-34-27-17-8-13-25-14-9-18-28(30(25)27)39(34,37)38/h2,4-5,8-9,11-14,17-18,23,26H,3,6-7,10,15-16,19-22H2,1H3,(H,32,36)/t23-/m0/s1. The Bertz CT molecular complexity index is 1430. The second kappa shape index (κ2) is 11.8. The Hall–Kier alpha value is -3.39. The molecule has 8 heteroatoms. The molecule has 3 aromatic carbocycles. The van der Waals surface area contributed by atoms with Crippen LogP contribution in [-0.4, -0.2) is 50.3 Å². The van der Waals surface area contributed by atoms with Crippen molar-refractivity contribution in [3.05, 3.63) is 72.3 Å². The topological polar surface area (TPSA) is 86.8 Å². The number of carbonyl (C=O) groups is 2. The average molecular weight is 548 g/mol. The van der Waals surface area contributed by atoms with Crippen LogP contribution in [-0.2, 0) is 26.0 Å². The van der Waals surface area contributed by atoms with Gasteiger partial charge in [-0.25, -0.2) is 8.42 Å². The molecule has 1 aliphatic heterocycles. The SMILES string of the molecule is C[C@@H](C(=O)NC1CCCCC1)N(CCc1ccccc1)C(=O)CCCN1c2cccc3cccc(c23)S1(=O)=O. The number of hydrogen-bond acceptors (Lipinski definition) is 4. The van der Waals surface area contributed by atoms with Crippen molar-refractivity contribution < 1.29 is 18.0 Å². The molecule has 1 N–H and O–H groups in total. The van der Waals surface area contributed by atoms with Crippen LogP contribution in [0.2, 0.25) is 0 Å². The van der Waals surface area contributed by atoms with Crippen LogP contribution in [0.25, 0.3) is 10.8 Å². The van der Waals surface area contributed by atoms with E-state index in [9.17, 15) is 18.0 Å². The van der Waals surface area contributed by atoms with Gasteiger partial charge >= 0.3 is 0 Å². The maximum Gasteiger partial charge on any atom is 0.265 e. The van der Waals surface area contributed by atoms with E-state index in [-0.39, 0.29) is 30.8 Å². The summed E-state index contributed by atoms with van der Waals surface area (Å²) >= 11 is 0. The number of rotatable bonds is 10. The normalized spacial score (nSPS) is 17.2. The van der Waals surface area contributed by atoms with Gasteiger partial charge in [0.15, 0.2) is 0 Å². The Labute approximate surface area is 231 Å². The number of nitrogens with one attached hydrogen (secondary N) is 1. The Kier molecular flexibility index (Phi) is 8.21. The summed E-state index contributed by atoms with van der Waals surface area (Å²) in [7, 11) is -3.66. The zero-order valence-electron chi connectivity index (χ0n) is 22.5. The summed E-state index contributed by atoms with van der Waals surface area (Å²) in [6.07, 6.45) is 6.57. The highest BCUT2D eigenvalue weighted by atomic mass is 32.2. The first-order valence-corrected chi connectivity index (χ1v) is 15.5. The van der Waals surface area contributed by atoms with Gasteiger partial charge in [-0.15, -0.1) is 0 Å². The van der Waals surface area contributed by atoms with Gasteiger partial charge in [0.1, 0.15) is 6.04 Å². The summed E-state index contributed by atoms with van der Waals surface area (Å²) in [4.78, 5) is 28.7. The first-order chi connectivity index (χ1) is 18.9. The van der Waals surface area contributed by atoms with Crippen LogP contribution in [0.5, 0.6) is 0 Å². The third-order valence-electron chi connectivity index (χ3n) is 8.04. The van der Waals surface area contributed by atoms with Crippen molar-refractivity contribution in [3.63, 3.8) is 0 Å². The van der Waals surface area contributed by atoms with Crippen molar-refractivity contribution in [2.24, 2.45) is 0 Å². The number of hydrogen-bond donors (Lipinski definition) is 1. The summed E-state index contributed by atoms with van der Waals surface area (Å²) in [5, 5.41) is 4.79. The van der Waals surface area contributed by atoms with Gasteiger partial charge in [0, 0.05) is 30.9 Å². The first kappa shape index (κ1) is 27.2. The molecule has 1 atom stereocenters. The number of carbonyl (C=O) groups excluding carboxylic acids is 2. The molecule has 0 saturated heterocycles. The average Bonchev–Trinajstić information content (AvgIpc) is 3.17. The van der Waals surface area contributed by atoms with Crippen LogP contribution in [0.4, 0.5) is 5.69 Å². The first-order valence-electron chi connectivity index (χ1n) is 14.0. The predicted molar refractivity (Wildman–Crippen MR) is 154 cm³/mol. The van der Waals surface area contributed by atoms with Gasteiger partial charge < -0.3 is 10.2 Å². The summed E-state index contributed by atoms with van der Waals surface area (Å²) in [6.45, 7) is 2.43. The lowest BCUT2D eigenvalue weighted by Crippen LogP contribution is -2.51. The highest BCUT2D eigenvalue weighted by molar-refractivity contribution is 7.93. The van der Waals surface area contributed by atoms with Gasteiger partial charge in [-0.05, 0) is 55.7 Å². The van der Waals surface area contributed by atoms with E-state index < -0.39 is 16.1 Å². The van der Waals surface area contributed by atoms with Crippen LogP contribution < -0.4 is 9.62 Å². The van der Waals surface area contributed by atoms with E-state index in [0.717, 1.165) is 42.0 Å². The van der Waals surface area contributed by atoms with E-state index in [4.69, 9.17) is 0 Å². The van der Waals surface area contributed by atoms with Crippen LogP contribution in [0.3, 0.4) is 0 Å². The summed E-state index contributed by atoms with van der Waals surface area (Å²) < 4.78 is 28.0. The molecule has 206 valence electrons. The van der Waals surface area contributed by atoms with Crippen molar-refractivity contribution in [2.75, 3.05) is 17.4 Å². The van der Waals surface area contributed by atoms with Crippen molar-refractivity contribution in [1.29, 1.82) is 0 Å². The fourth-order valence-electron chi connectivity index (χ4n) is 5.86. The van der Waals surface area contributed by atoms with Crippen molar-refractivity contribution >= 4 is 38.3 Å². The third kappa shape index (κ3) is 5.81. The molecule has 0 aromatic heterocycles. The van der Waals surface area contributed by atoms with Crippen LogP contribution >= 0.6 is 0 Å². The maximum absolute atomic E-state index is 13.5. The van der Waals surface area contributed by atoms with Crippen LogP contribution in [0.1, 0.15) is 57.4 Å². The molecule has 0 unspecified atom stereocenters. The lowest BCUT2D eigenvalue weighted by Gasteiger charge is -2.31. The molecule has 1 aliphatic carbocycles. The summed E-state index contributed by atoms with van der Waals surface area (Å²) in [5.41, 5.74) is 1.76. The number of benzene rings is 3. The molecule has 0 spiro atoms. The maximum atomic E-state index is 13.5. The Morgan fingerprint density at radius 2 is 1.69 bits per heavy atom. The molecule has 1 heterocycles. The molecule has 7 nitrogen and oxygen atoms in total. The fraction of sp³-hybridized carbons (Fsp3) is 0.419. The largest absolute Gasteiger partial charge is 0.352 e. The van der Waals surface area contributed by atoms with Crippen LogP contribution in [0, 0.1) is 0 Å². The quantitative estimate of drug-likeness (QED) is 0.385. The molecule has 39 heavy (non-hydrogen) atoms. The van der Waals surface area contributed by atoms with E-state index in [2.05, 4.69) is 5.32 Å². The van der Waals surface area contributed by atoms with Crippen LogP contribution in [0.15, 0.2) is 71.6 Å². The molecule has 0 bridgehead atoms. The monoisotopic (exact) mass is 547 g/mol. The highest BCUT2D eigenvalue weighted by Crippen LogP contribution is 2.42. The van der Waals surface area contributed by atoms with Gasteiger partial charge in [0.05, 0.1) is 10.6 Å². The molecule has 1 fully saturated rings. The van der Waals surface area contributed by atoms with E-state index >= 15 is 0 Å². The lowest BCUT2D eigenvalue weighted by atomic mass is 9.95. The Morgan fingerprint density at radius 3 is 2.44 bits per heavy atom.